The quantitative estimate of drug-likeness (QED) is 0.889. The van der Waals surface area contributed by atoms with E-state index in [1.807, 2.05) is 24.4 Å². The number of benzene rings is 1. The molecule has 0 saturated carbocycles. The predicted molar refractivity (Wildman–Crippen MR) is 81.5 cm³/mol. The van der Waals surface area contributed by atoms with Crippen molar-refractivity contribution in [3.63, 3.8) is 0 Å². The lowest BCUT2D eigenvalue weighted by atomic mass is 10.1. The Morgan fingerprint density at radius 3 is 2.74 bits per heavy atom. The number of aromatic nitrogens is 1. The summed E-state index contributed by atoms with van der Waals surface area (Å²) in [4.78, 5) is 5.65. The lowest BCUT2D eigenvalue weighted by Gasteiger charge is -2.13. The van der Waals surface area contributed by atoms with Crippen LogP contribution >= 0.6 is 11.8 Å². The Balaban J connectivity index is 2.19. The summed E-state index contributed by atoms with van der Waals surface area (Å²) in [5.74, 6) is 0. The number of rotatable bonds is 5. The number of nitrogens with zero attached hydrogens (tertiary/aromatic N) is 1. The van der Waals surface area contributed by atoms with Gasteiger partial charge in [0.1, 0.15) is 5.03 Å². The van der Waals surface area contributed by atoms with E-state index in [1.165, 1.54) is 16.0 Å². The fourth-order valence-electron chi connectivity index (χ4n) is 1.78. The minimum atomic E-state index is 0.494. The zero-order valence-corrected chi connectivity index (χ0v) is 12.5. The molecule has 1 aromatic carbocycles. The first kappa shape index (κ1) is 14.1. The van der Waals surface area contributed by atoms with Crippen LogP contribution in [0.25, 0.3) is 0 Å². The maximum absolute atomic E-state index is 4.38. The van der Waals surface area contributed by atoms with Gasteiger partial charge in [0.15, 0.2) is 0 Å². The summed E-state index contributed by atoms with van der Waals surface area (Å²) in [5, 5.41) is 4.52. The minimum Gasteiger partial charge on any atom is -0.310 e. The number of aryl methyl sites for hydroxylation is 1. The van der Waals surface area contributed by atoms with E-state index in [1.54, 1.807) is 11.8 Å². The molecule has 0 saturated heterocycles. The van der Waals surface area contributed by atoms with Crippen molar-refractivity contribution >= 4 is 11.8 Å². The lowest BCUT2D eigenvalue weighted by molar-refractivity contribution is 0.584. The molecule has 0 radical (unpaired) electrons. The van der Waals surface area contributed by atoms with Gasteiger partial charge in [0, 0.05) is 23.7 Å². The van der Waals surface area contributed by atoms with E-state index in [0.29, 0.717) is 6.04 Å². The molecule has 2 aromatic rings. The first-order valence-electron chi connectivity index (χ1n) is 6.57. The third-order valence-electron chi connectivity index (χ3n) is 2.77. The minimum absolute atomic E-state index is 0.494. The molecule has 19 heavy (non-hydrogen) atoms. The summed E-state index contributed by atoms with van der Waals surface area (Å²) in [7, 11) is 0. The Labute approximate surface area is 119 Å². The molecule has 2 nitrogen and oxygen atoms in total. The van der Waals surface area contributed by atoms with Gasteiger partial charge in [-0.25, -0.2) is 4.98 Å². The summed E-state index contributed by atoms with van der Waals surface area (Å²) in [6, 6.07) is 13.1. The van der Waals surface area contributed by atoms with Gasteiger partial charge in [-0.15, -0.1) is 0 Å². The molecular formula is C16H20N2S. The second kappa shape index (κ2) is 6.73. The standard InChI is InChI=1S/C16H20N2S/c1-12(2)18-11-14-10-13(3)7-8-15(14)19-16-6-4-5-9-17-16/h4-10,12,18H,11H2,1-3H3. The van der Waals surface area contributed by atoms with Crippen LogP contribution in [0.5, 0.6) is 0 Å². The molecule has 3 heteroatoms. The summed E-state index contributed by atoms with van der Waals surface area (Å²) >= 11 is 1.72. The Kier molecular flexibility index (Phi) is 5.00. The van der Waals surface area contributed by atoms with E-state index in [4.69, 9.17) is 0 Å². The van der Waals surface area contributed by atoms with Crippen molar-refractivity contribution < 1.29 is 0 Å². The second-order valence-electron chi connectivity index (χ2n) is 4.92. The smallest absolute Gasteiger partial charge is 0.101 e. The molecule has 0 bridgehead atoms. The van der Waals surface area contributed by atoms with Crippen molar-refractivity contribution in [1.29, 1.82) is 0 Å². The van der Waals surface area contributed by atoms with Crippen LogP contribution in [0.3, 0.4) is 0 Å². The normalized spacial score (nSPS) is 10.9. The molecule has 0 unspecified atom stereocenters. The number of hydrogen-bond acceptors (Lipinski definition) is 3. The van der Waals surface area contributed by atoms with Crippen molar-refractivity contribution in [2.45, 2.75) is 43.3 Å². The van der Waals surface area contributed by atoms with Gasteiger partial charge in [-0.3, -0.25) is 0 Å². The van der Waals surface area contributed by atoms with Gasteiger partial charge >= 0.3 is 0 Å². The largest absolute Gasteiger partial charge is 0.310 e. The fourth-order valence-corrected chi connectivity index (χ4v) is 2.66. The third-order valence-corrected chi connectivity index (χ3v) is 3.84. The Morgan fingerprint density at radius 2 is 2.05 bits per heavy atom. The van der Waals surface area contributed by atoms with E-state index >= 15 is 0 Å². The zero-order valence-electron chi connectivity index (χ0n) is 11.7. The topological polar surface area (TPSA) is 24.9 Å². The van der Waals surface area contributed by atoms with Gasteiger partial charge < -0.3 is 5.32 Å². The molecule has 100 valence electrons. The van der Waals surface area contributed by atoms with Crippen LogP contribution in [0.2, 0.25) is 0 Å². The second-order valence-corrected chi connectivity index (χ2v) is 5.98. The van der Waals surface area contributed by atoms with Gasteiger partial charge in [-0.05, 0) is 30.7 Å². The van der Waals surface area contributed by atoms with Gasteiger partial charge in [-0.2, -0.15) is 0 Å². The molecule has 1 N–H and O–H groups in total. The monoisotopic (exact) mass is 272 g/mol. The predicted octanol–water partition coefficient (Wildman–Crippen LogP) is 4.04. The maximum Gasteiger partial charge on any atom is 0.101 e. The first-order chi connectivity index (χ1) is 9.15. The molecule has 0 aliphatic rings. The highest BCUT2D eigenvalue weighted by molar-refractivity contribution is 7.99. The van der Waals surface area contributed by atoms with Crippen LogP contribution in [-0.2, 0) is 6.54 Å². The van der Waals surface area contributed by atoms with Gasteiger partial charge in [0.2, 0.25) is 0 Å². The average Bonchev–Trinajstić information content (AvgIpc) is 2.40. The van der Waals surface area contributed by atoms with Crippen LogP contribution in [0.4, 0.5) is 0 Å². The van der Waals surface area contributed by atoms with Crippen LogP contribution in [0, 0.1) is 6.92 Å². The van der Waals surface area contributed by atoms with Crippen LogP contribution in [-0.4, -0.2) is 11.0 Å². The van der Waals surface area contributed by atoms with Crippen LogP contribution < -0.4 is 5.32 Å². The molecule has 2 rings (SSSR count). The highest BCUT2D eigenvalue weighted by Crippen LogP contribution is 2.29. The first-order valence-corrected chi connectivity index (χ1v) is 7.38. The van der Waals surface area contributed by atoms with Crippen LogP contribution in [0.15, 0.2) is 52.5 Å². The molecule has 1 heterocycles. The van der Waals surface area contributed by atoms with E-state index in [-0.39, 0.29) is 0 Å². The van der Waals surface area contributed by atoms with Crippen LogP contribution in [0.1, 0.15) is 25.0 Å². The highest BCUT2D eigenvalue weighted by atomic mass is 32.2. The number of hydrogen-bond donors (Lipinski definition) is 1. The fraction of sp³-hybridized carbons (Fsp3) is 0.312. The van der Waals surface area contributed by atoms with Crippen molar-refractivity contribution in [3.05, 3.63) is 53.7 Å². The van der Waals surface area contributed by atoms with E-state index in [2.05, 4.69) is 49.3 Å². The molecule has 0 aliphatic heterocycles. The lowest BCUT2D eigenvalue weighted by Crippen LogP contribution is -2.22. The summed E-state index contributed by atoms with van der Waals surface area (Å²) in [6.45, 7) is 7.37. The summed E-state index contributed by atoms with van der Waals surface area (Å²) in [6.07, 6.45) is 1.84. The SMILES string of the molecule is Cc1ccc(Sc2ccccn2)c(CNC(C)C)c1. The number of nitrogens with one attached hydrogen (secondary N) is 1. The number of pyridine rings is 1. The summed E-state index contributed by atoms with van der Waals surface area (Å²) in [5.41, 5.74) is 2.63. The molecule has 0 spiro atoms. The van der Waals surface area contributed by atoms with Crippen molar-refractivity contribution in [2.75, 3.05) is 0 Å². The summed E-state index contributed by atoms with van der Waals surface area (Å²) < 4.78 is 0. The zero-order chi connectivity index (χ0) is 13.7. The Hall–Kier alpha value is -1.32. The van der Waals surface area contributed by atoms with Crippen molar-refractivity contribution in [1.82, 2.24) is 10.3 Å². The van der Waals surface area contributed by atoms with E-state index in [0.717, 1.165) is 11.6 Å². The maximum atomic E-state index is 4.38. The molecular weight excluding hydrogens is 252 g/mol. The molecule has 1 aromatic heterocycles. The highest BCUT2D eigenvalue weighted by Gasteiger charge is 2.06. The average molecular weight is 272 g/mol. The molecule has 0 amide bonds. The van der Waals surface area contributed by atoms with Gasteiger partial charge in [0.25, 0.3) is 0 Å². The molecule has 0 fully saturated rings. The van der Waals surface area contributed by atoms with Crippen molar-refractivity contribution in [3.8, 4) is 0 Å². The Morgan fingerprint density at radius 1 is 1.21 bits per heavy atom. The van der Waals surface area contributed by atoms with Gasteiger partial charge in [0.05, 0.1) is 0 Å². The van der Waals surface area contributed by atoms with Crippen molar-refractivity contribution in [2.24, 2.45) is 0 Å². The van der Waals surface area contributed by atoms with Gasteiger partial charge in [-0.1, -0.05) is 49.4 Å². The van der Waals surface area contributed by atoms with E-state index < -0.39 is 0 Å². The Bertz CT molecular complexity index is 524. The molecule has 0 aliphatic carbocycles. The van der Waals surface area contributed by atoms with E-state index in [9.17, 15) is 0 Å². The third kappa shape index (κ3) is 4.37. The molecule has 0 atom stereocenters.